The average molecular weight is 233 g/mol. The Kier molecular flexibility index (Phi) is 2.92. The van der Waals surface area contributed by atoms with E-state index in [1.807, 2.05) is 14.0 Å². The smallest absolute Gasteiger partial charge is 0.135 e. The normalized spacial score (nSPS) is 10.7. The molecule has 0 atom stereocenters. The van der Waals surface area contributed by atoms with Crippen LogP contribution in [0, 0.1) is 13.8 Å². The summed E-state index contributed by atoms with van der Waals surface area (Å²) in [4.78, 5) is 2.24. The minimum absolute atomic E-state index is 0.725. The maximum atomic E-state index is 5.96. The molecule has 0 saturated carbocycles. The lowest BCUT2D eigenvalue weighted by Gasteiger charge is -2.02. The van der Waals surface area contributed by atoms with Gasteiger partial charge < -0.3 is 5.73 Å². The molecule has 2 aromatic rings. The molecule has 1 heterocycles. The minimum atomic E-state index is 0.725. The molecule has 2 N–H and O–H groups in total. The van der Waals surface area contributed by atoms with Crippen molar-refractivity contribution in [2.75, 3.05) is 5.73 Å². The van der Waals surface area contributed by atoms with Gasteiger partial charge in [-0.1, -0.05) is 29.5 Å². The van der Waals surface area contributed by atoms with Crippen molar-refractivity contribution in [2.24, 2.45) is 7.05 Å². The molecule has 84 valence electrons. The molecule has 0 unspecified atom stereocenters. The zero-order valence-corrected chi connectivity index (χ0v) is 10.5. The van der Waals surface area contributed by atoms with Gasteiger partial charge in [-0.05, 0) is 26.0 Å². The number of rotatable bonds is 2. The molecular formula is C12H15N3S. The van der Waals surface area contributed by atoms with Crippen LogP contribution in [0.3, 0.4) is 0 Å². The first-order valence-electron chi connectivity index (χ1n) is 5.11. The molecule has 1 aromatic carbocycles. The van der Waals surface area contributed by atoms with Gasteiger partial charge in [-0.3, -0.25) is 4.68 Å². The molecule has 0 aliphatic carbocycles. The first kappa shape index (κ1) is 11.1. The van der Waals surface area contributed by atoms with E-state index in [1.165, 1.54) is 10.5 Å². The summed E-state index contributed by atoms with van der Waals surface area (Å²) >= 11 is 1.66. The largest absolute Gasteiger partial charge is 0.383 e. The summed E-state index contributed by atoms with van der Waals surface area (Å²) in [5, 5.41) is 4.30. The van der Waals surface area contributed by atoms with Crippen LogP contribution >= 0.6 is 11.8 Å². The second-order valence-electron chi connectivity index (χ2n) is 3.84. The lowest BCUT2D eigenvalue weighted by Crippen LogP contribution is -1.97. The lowest BCUT2D eigenvalue weighted by molar-refractivity contribution is 0.767. The van der Waals surface area contributed by atoms with Gasteiger partial charge in [0.05, 0.1) is 10.6 Å². The summed E-state index contributed by atoms with van der Waals surface area (Å²) in [7, 11) is 1.86. The summed E-state index contributed by atoms with van der Waals surface area (Å²) in [5.41, 5.74) is 8.20. The van der Waals surface area contributed by atoms with E-state index in [0.29, 0.717) is 0 Å². The van der Waals surface area contributed by atoms with E-state index < -0.39 is 0 Å². The molecule has 0 aliphatic rings. The van der Waals surface area contributed by atoms with Gasteiger partial charge in [0.15, 0.2) is 0 Å². The van der Waals surface area contributed by atoms with Crippen molar-refractivity contribution in [3.8, 4) is 0 Å². The Hall–Kier alpha value is -1.42. The van der Waals surface area contributed by atoms with Gasteiger partial charge >= 0.3 is 0 Å². The van der Waals surface area contributed by atoms with Gasteiger partial charge in [0.2, 0.25) is 0 Å². The maximum absolute atomic E-state index is 5.96. The Labute approximate surface area is 99.7 Å². The van der Waals surface area contributed by atoms with Gasteiger partial charge in [-0.25, -0.2) is 0 Å². The molecule has 0 saturated heterocycles. The van der Waals surface area contributed by atoms with Crippen LogP contribution in [0.15, 0.2) is 34.1 Å². The summed E-state index contributed by atoms with van der Waals surface area (Å²) < 4.78 is 1.71. The fourth-order valence-corrected chi connectivity index (χ4v) is 2.44. The van der Waals surface area contributed by atoms with E-state index in [9.17, 15) is 0 Å². The highest BCUT2D eigenvalue weighted by Crippen LogP contribution is 2.34. The van der Waals surface area contributed by atoms with Crippen LogP contribution in [0.5, 0.6) is 0 Å². The third-order valence-corrected chi connectivity index (χ3v) is 3.67. The molecule has 0 spiro atoms. The molecule has 4 heteroatoms. The Balaban J connectivity index is 2.30. The van der Waals surface area contributed by atoms with Gasteiger partial charge in [-0.2, -0.15) is 5.10 Å². The Morgan fingerprint density at radius 2 is 1.81 bits per heavy atom. The standard InChI is InChI=1S/C12H15N3S/c1-8-4-6-10(7-5-8)16-11-9(2)14-15(3)12(11)13/h4-7H,13H2,1-3H3. The summed E-state index contributed by atoms with van der Waals surface area (Å²) in [6.07, 6.45) is 0. The number of aryl methyl sites for hydroxylation is 3. The second-order valence-corrected chi connectivity index (χ2v) is 4.92. The van der Waals surface area contributed by atoms with E-state index >= 15 is 0 Å². The molecule has 3 nitrogen and oxygen atoms in total. The molecule has 0 aliphatic heterocycles. The highest BCUT2D eigenvalue weighted by atomic mass is 32.2. The number of nitrogens with zero attached hydrogens (tertiary/aromatic N) is 2. The highest BCUT2D eigenvalue weighted by Gasteiger charge is 2.11. The Bertz CT molecular complexity index is 500. The van der Waals surface area contributed by atoms with E-state index in [4.69, 9.17) is 5.73 Å². The van der Waals surface area contributed by atoms with Gasteiger partial charge in [0.25, 0.3) is 0 Å². The molecule has 0 amide bonds. The Morgan fingerprint density at radius 1 is 1.19 bits per heavy atom. The van der Waals surface area contributed by atoms with Crippen LogP contribution in [0.4, 0.5) is 5.82 Å². The molecule has 1 aromatic heterocycles. The van der Waals surface area contributed by atoms with Crippen molar-refractivity contribution in [2.45, 2.75) is 23.6 Å². The Morgan fingerprint density at radius 3 is 2.31 bits per heavy atom. The number of nitrogen functional groups attached to an aromatic ring is 1. The zero-order valence-electron chi connectivity index (χ0n) is 9.69. The number of hydrogen-bond acceptors (Lipinski definition) is 3. The fourth-order valence-electron chi connectivity index (χ4n) is 1.51. The first-order chi connectivity index (χ1) is 7.58. The molecule has 0 bridgehead atoms. The van der Waals surface area contributed by atoms with Crippen molar-refractivity contribution in [3.63, 3.8) is 0 Å². The zero-order chi connectivity index (χ0) is 11.7. The van der Waals surface area contributed by atoms with Crippen LogP contribution in [0.2, 0.25) is 0 Å². The predicted octanol–water partition coefficient (Wildman–Crippen LogP) is 2.77. The van der Waals surface area contributed by atoms with Crippen LogP contribution in [0.25, 0.3) is 0 Å². The highest BCUT2D eigenvalue weighted by molar-refractivity contribution is 7.99. The summed E-state index contributed by atoms with van der Waals surface area (Å²) in [5.74, 6) is 0.725. The van der Waals surface area contributed by atoms with E-state index in [1.54, 1.807) is 16.4 Å². The van der Waals surface area contributed by atoms with E-state index in [0.717, 1.165) is 16.4 Å². The SMILES string of the molecule is Cc1ccc(Sc2c(C)nn(C)c2N)cc1. The van der Waals surface area contributed by atoms with E-state index in [2.05, 4.69) is 36.3 Å². The number of anilines is 1. The van der Waals surface area contributed by atoms with Crippen LogP contribution < -0.4 is 5.73 Å². The number of nitrogens with two attached hydrogens (primary N) is 1. The molecule has 0 radical (unpaired) electrons. The van der Waals surface area contributed by atoms with Crippen molar-refractivity contribution >= 4 is 17.6 Å². The monoisotopic (exact) mass is 233 g/mol. The quantitative estimate of drug-likeness (QED) is 0.867. The van der Waals surface area contributed by atoms with E-state index in [-0.39, 0.29) is 0 Å². The summed E-state index contributed by atoms with van der Waals surface area (Å²) in [6, 6.07) is 8.41. The molecule has 0 fully saturated rings. The number of hydrogen-bond donors (Lipinski definition) is 1. The molecular weight excluding hydrogens is 218 g/mol. The van der Waals surface area contributed by atoms with Crippen LogP contribution in [-0.4, -0.2) is 9.78 Å². The second kappa shape index (κ2) is 4.22. The lowest BCUT2D eigenvalue weighted by atomic mass is 10.2. The maximum Gasteiger partial charge on any atom is 0.135 e. The number of benzene rings is 1. The first-order valence-corrected chi connectivity index (χ1v) is 5.93. The topological polar surface area (TPSA) is 43.8 Å². The predicted molar refractivity (Wildman–Crippen MR) is 67.7 cm³/mol. The van der Waals surface area contributed by atoms with Crippen molar-refractivity contribution in [3.05, 3.63) is 35.5 Å². The fraction of sp³-hybridized carbons (Fsp3) is 0.250. The molecule has 2 rings (SSSR count). The van der Waals surface area contributed by atoms with Gasteiger partial charge in [0.1, 0.15) is 5.82 Å². The average Bonchev–Trinajstić information content (AvgIpc) is 2.48. The van der Waals surface area contributed by atoms with Crippen molar-refractivity contribution in [1.29, 1.82) is 0 Å². The summed E-state index contributed by atoms with van der Waals surface area (Å²) in [6.45, 7) is 4.06. The van der Waals surface area contributed by atoms with Crippen molar-refractivity contribution in [1.82, 2.24) is 9.78 Å². The number of aromatic nitrogens is 2. The minimum Gasteiger partial charge on any atom is -0.383 e. The van der Waals surface area contributed by atoms with Crippen molar-refractivity contribution < 1.29 is 0 Å². The van der Waals surface area contributed by atoms with Crippen LogP contribution in [0.1, 0.15) is 11.3 Å². The van der Waals surface area contributed by atoms with Gasteiger partial charge in [0, 0.05) is 11.9 Å². The van der Waals surface area contributed by atoms with Gasteiger partial charge in [-0.15, -0.1) is 0 Å². The third kappa shape index (κ3) is 2.07. The third-order valence-electron chi connectivity index (χ3n) is 2.45. The molecule has 16 heavy (non-hydrogen) atoms. The van der Waals surface area contributed by atoms with Crippen LogP contribution in [-0.2, 0) is 7.05 Å².